The SMILES string of the molecule is C=C(c1ccc(Br)cc1)N1N=C(c2ccc(OC)cc2)C[C@H]1c1cn(-c2ccccc2)nc1-c1ccccc1. The van der Waals surface area contributed by atoms with Crippen LogP contribution in [0.25, 0.3) is 22.6 Å². The zero-order valence-electron chi connectivity index (χ0n) is 21.5. The molecule has 1 aromatic heterocycles. The highest BCUT2D eigenvalue weighted by Crippen LogP contribution is 2.42. The van der Waals surface area contributed by atoms with Crippen molar-refractivity contribution in [2.45, 2.75) is 12.5 Å². The molecule has 0 fully saturated rings. The third kappa shape index (κ3) is 5.03. The molecule has 0 saturated heterocycles. The first-order chi connectivity index (χ1) is 19.1. The van der Waals surface area contributed by atoms with Gasteiger partial charge in [-0.3, -0.25) is 5.01 Å². The van der Waals surface area contributed by atoms with Gasteiger partial charge in [0.1, 0.15) is 5.75 Å². The molecular weight excluding hydrogens is 548 g/mol. The maximum Gasteiger partial charge on any atom is 0.118 e. The highest BCUT2D eigenvalue weighted by molar-refractivity contribution is 9.10. The zero-order valence-corrected chi connectivity index (χ0v) is 23.1. The summed E-state index contributed by atoms with van der Waals surface area (Å²) in [6, 6.07) is 36.7. The van der Waals surface area contributed by atoms with E-state index in [1.807, 2.05) is 65.3 Å². The van der Waals surface area contributed by atoms with Crippen molar-refractivity contribution < 1.29 is 4.74 Å². The lowest BCUT2D eigenvalue weighted by Crippen LogP contribution is -2.18. The maximum atomic E-state index is 5.38. The van der Waals surface area contributed by atoms with Crippen LogP contribution in [0.3, 0.4) is 0 Å². The van der Waals surface area contributed by atoms with E-state index in [1.54, 1.807) is 7.11 Å². The van der Waals surface area contributed by atoms with E-state index in [-0.39, 0.29) is 6.04 Å². The van der Waals surface area contributed by atoms with Crippen LogP contribution in [0.15, 0.2) is 132 Å². The van der Waals surface area contributed by atoms with Crippen molar-refractivity contribution >= 4 is 27.3 Å². The minimum Gasteiger partial charge on any atom is -0.497 e. The molecule has 0 bridgehead atoms. The van der Waals surface area contributed by atoms with Gasteiger partial charge in [-0.1, -0.05) is 83.2 Å². The van der Waals surface area contributed by atoms with Crippen LogP contribution in [-0.4, -0.2) is 27.6 Å². The Morgan fingerprint density at radius 2 is 1.51 bits per heavy atom. The number of hydrogen-bond acceptors (Lipinski definition) is 4. The number of methoxy groups -OCH3 is 1. The molecule has 4 aromatic carbocycles. The van der Waals surface area contributed by atoms with E-state index in [2.05, 4.69) is 82.2 Å². The van der Waals surface area contributed by atoms with Gasteiger partial charge >= 0.3 is 0 Å². The second-order valence-electron chi connectivity index (χ2n) is 9.37. The monoisotopic (exact) mass is 574 g/mol. The van der Waals surface area contributed by atoms with Gasteiger partial charge in [-0.25, -0.2) is 4.68 Å². The fourth-order valence-corrected chi connectivity index (χ4v) is 5.16. The number of para-hydroxylation sites is 1. The molecule has 6 rings (SSSR count). The van der Waals surface area contributed by atoms with Gasteiger partial charge in [0.05, 0.1) is 35.9 Å². The van der Waals surface area contributed by atoms with Gasteiger partial charge in [0.25, 0.3) is 0 Å². The number of hydrazone groups is 1. The molecule has 0 N–H and O–H groups in total. The van der Waals surface area contributed by atoms with Crippen LogP contribution in [0.2, 0.25) is 0 Å². The van der Waals surface area contributed by atoms with Crippen molar-refractivity contribution in [1.29, 1.82) is 0 Å². The van der Waals surface area contributed by atoms with Crippen molar-refractivity contribution in [3.05, 3.63) is 143 Å². The molecule has 6 heteroatoms. The molecule has 0 radical (unpaired) electrons. The second kappa shape index (κ2) is 10.8. The fraction of sp³-hybridized carbons (Fsp3) is 0.0909. The number of benzene rings is 4. The smallest absolute Gasteiger partial charge is 0.118 e. The Morgan fingerprint density at radius 1 is 0.846 bits per heavy atom. The van der Waals surface area contributed by atoms with Crippen LogP contribution < -0.4 is 4.74 Å². The molecule has 0 saturated carbocycles. The third-order valence-corrected chi connectivity index (χ3v) is 7.49. The summed E-state index contributed by atoms with van der Waals surface area (Å²) in [5, 5.41) is 12.3. The lowest BCUT2D eigenvalue weighted by atomic mass is 9.96. The van der Waals surface area contributed by atoms with Crippen molar-refractivity contribution in [2.24, 2.45) is 5.10 Å². The van der Waals surface area contributed by atoms with Crippen molar-refractivity contribution in [3.8, 4) is 22.7 Å². The summed E-state index contributed by atoms with van der Waals surface area (Å²) in [6.45, 7) is 4.49. The van der Waals surface area contributed by atoms with Gasteiger partial charge < -0.3 is 4.74 Å². The Kier molecular flexibility index (Phi) is 6.86. The molecule has 0 amide bonds. The summed E-state index contributed by atoms with van der Waals surface area (Å²) in [7, 11) is 1.68. The van der Waals surface area contributed by atoms with Crippen molar-refractivity contribution in [1.82, 2.24) is 14.8 Å². The minimum atomic E-state index is -0.0917. The van der Waals surface area contributed by atoms with Gasteiger partial charge in [-0.15, -0.1) is 0 Å². The Balaban J connectivity index is 1.47. The van der Waals surface area contributed by atoms with Gasteiger partial charge in [-0.2, -0.15) is 10.2 Å². The van der Waals surface area contributed by atoms with E-state index in [0.717, 1.165) is 55.3 Å². The lowest BCUT2D eigenvalue weighted by Gasteiger charge is -2.25. The van der Waals surface area contributed by atoms with Crippen LogP contribution in [0.4, 0.5) is 0 Å². The van der Waals surface area contributed by atoms with Crippen LogP contribution in [-0.2, 0) is 0 Å². The summed E-state index contributed by atoms with van der Waals surface area (Å²) >= 11 is 3.55. The number of halogens is 1. The van der Waals surface area contributed by atoms with Crippen LogP contribution in [0.5, 0.6) is 5.75 Å². The Bertz CT molecular complexity index is 1630. The molecule has 0 spiro atoms. The van der Waals surface area contributed by atoms with E-state index >= 15 is 0 Å². The molecule has 192 valence electrons. The summed E-state index contributed by atoms with van der Waals surface area (Å²) in [6.07, 6.45) is 2.85. The first kappa shape index (κ1) is 24.9. The quantitative estimate of drug-likeness (QED) is 0.197. The number of ether oxygens (including phenoxy) is 1. The first-order valence-corrected chi connectivity index (χ1v) is 13.6. The topological polar surface area (TPSA) is 42.6 Å². The molecule has 5 aromatic rings. The largest absolute Gasteiger partial charge is 0.497 e. The number of nitrogens with zero attached hydrogens (tertiary/aromatic N) is 4. The maximum absolute atomic E-state index is 5.38. The van der Waals surface area contributed by atoms with Gasteiger partial charge in [-0.05, 0) is 59.7 Å². The Morgan fingerprint density at radius 3 is 2.18 bits per heavy atom. The normalized spacial score (nSPS) is 14.8. The van der Waals surface area contributed by atoms with Gasteiger partial charge in [0.2, 0.25) is 0 Å². The van der Waals surface area contributed by atoms with E-state index in [1.165, 1.54) is 0 Å². The number of aromatic nitrogens is 2. The third-order valence-electron chi connectivity index (χ3n) is 6.96. The predicted molar refractivity (Wildman–Crippen MR) is 161 cm³/mol. The van der Waals surface area contributed by atoms with Gasteiger partial charge in [0, 0.05) is 28.2 Å². The Hall–Kier alpha value is -4.42. The van der Waals surface area contributed by atoms with E-state index in [4.69, 9.17) is 14.9 Å². The lowest BCUT2D eigenvalue weighted by molar-refractivity contribution is 0.351. The standard InChI is InChI=1S/C33H27BrN4O/c1-23(24-13-17-27(34)18-14-24)38-32(21-31(35-38)25-15-19-29(39-2)20-16-25)30-22-37(28-11-7-4-8-12-28)36-33(30)26-9-5-3-6-10-26/h3-20,22,32H,1,21H2,2H3/t32-/m0/s1. The fourth-order valence-electron chi connectivity index (χ4n) is 4.90. The average Bonchev–Trinajstić information content (AvgIpc) is 3.64. The zero-order chi connectivity index (χ0) is 26.8. The molecule has 1 aliphatic rings. The molecule has 1 aliphatic heterocycles. The molecule has 0 aliphatic carbocycles. The number of hydrogen-bond donors (Lipinski definition) is 0. The minimum absolute atomic E-state index is 0.0917. The molecule has 2 heterocycles. The van der Waals surface area contributed by atoms with Gasteiger partial charge in [0.15, 0.2) is 0 Å². The Labute approximate surface area is 236 Å². The van der Waals surface area contributed by atoms with Crippen LogP contribution in [0, 0.1) is 0 Å². The molecule has 0 unspecified atom stereocenters. The van der Waals surface area contributed by atoms with Crippen LogP contribution >= 0.6 is 15.9 Å². The first-order valence-electron chi connectivity index (χ1n) is 12.8. The second-order valence-corrected chi connectivity index (χ2v) is 10.3. The number of rotatable bonds is 7. The van der Waals surface area contributed by atoms with Crippen molar-refractivity contribution in [2.75, 3.05) is 7.11 Å². The van der Waals surface area contributed by atoms with Crippen molar-refractivity contribution in [3.63, 3.8) is 0 Å². The summed E-state index contributed by atoms with van der Waals surface area (Å²) in [5.41, 5.74) is 8.00. The molecule has 5 nitrogen and oxygen atoms in total. The molecular formula is C33H27BrN4O. The van der Waals surface area contributed by atoms with Crippen LogP contribution in [0.1, 0.15) is 29.2 Å². The molecule has 1 atom stereocenters. The summed E-state index contributed by atoms with van der Waals surface area (Å²) in [5.74, 6) is 0.820. The molecule has 39 heavy (non-hydrogen) atoms. The van der Waals surface area contributed by atoms with E-state index in [9.17, 15) is 0 Å². The summed E-state index contributed by atoms with van der Waals surface area (Å²) < 4.78 is 8.36. The average molecular weight is 576 g/mol. The highest BCUT2D eigenvalue weighted by atomic mass is 79.9. The highest BCUT2D eigenvalue weighted by Gasteiger charge is 2.34. The predicted octanol–water partition coefficient (Wildman–Crippen LogP) is 8.13. The van der Waals surface area contributed by atoms with E-state index < -0.39 is 0 Å². The van der Waals surface area contributed by atoms with E-state index in [0.29, 0.717) is 6.42 Å². The summed E-state index contributed by atoms with van der Waals surface area (Å²) in [4.78, 5) is 0.